The van der Waals surface area contributed by atoms with E-state index in [4.69, 9.17) is 4.42 Å². The summed E-state index contributed by atoms with van der Waals surface area (Å²) < 4.78 is 7.23. The van der Waals surface area contributed by atoms with Crippen LogP contribution in [-0.2, 0) is 18.4 Å². The fourth-order valence-electron chi connectivity index (χ4n) is 3.32. The molecule has 0 saturated carbocycles. The molecule has 2 aromatic rings. The molecule has 3 N–H and O–H groups in total. The Bertz CT molecular complexity index is 693. The second-order valence-electron chi connectivity index (χ2n) is 6.13. The van der Waals surface area contributed by atoms with Crippen molar-refractivity contribution >= 4 is 11.9 Å². The van der Waals surface area contributed by atoms with Crippen LogP contribution in [-0.4, -0.2) is 29.6 Å². The van der Waals surface area contributed by atoms with Gasteiger partial charge in [-0.25, -0.2) is 4.79 Å². The Morgan fingerprint density at radius 2 is 2.25 bits per heavy atom. The molecule has 1 aliphatic rings. The van der Waals surface area contributed by atoms with Gasteiger partial charge in [0.25, 0.3) is 5.91 Å². The lowest BCUT2D eigenvalue weighted by atomic mass is 10.1. The van der Waals surface area contributed by atoms with Crippen molar-refractivity contribution in [1.82, 2.24) is 15.2 Å². The van der Waals surface area contributed by atoms with Crippen molar-refractivity contribution in [3.05, 3.63) is 48.2 Å². The van der Waals surface area contributed by atoms with E-state index in [1.165, 1.54) is 10.6 Å². The Kier molecular flexibility index (Phi) is 5.00. The number of carbonyl (C=O) groups excluding carboxylic acids is 2. The normalized spacial score (nSPS) is 20.0. The number of nitrogens with one attached hydrogen (secondary N) is 3. The highest BCUT2D eigenvalue weighted by Gasteiger charge is 2.33. The van der Waals surface area contributed by atoms with E-state index in [0.717, 1.165) is 19.4 Å². The van der Waals surface area contributed by atoms with Gasteiger partial charge in [-0.15, -0.1) is 0 Å². The molecule has 3 rings (SSSR count). The van der Waals surface area contributed by atoms with Crippen LogP contribution in [0.3, 0.4) is 0 Å². The van der Waals surface area contributed by atoms with Crippen molar-refractivity contribution in [3.63, 3.8) is 0 Å². The molecule has 0 aromatic carbocycles. The third kappa shape index (κ3) is 3.86. The van der Waals surface area contributed by atoms with Crippen molar-refractivity contribution in [2.45, 2.75) is 25.4 Å². The average Bonchev–Trinajstić information content (AvgIpc) is 3.27. The molecule has 2 aromatic heterocycles. The highest BCUT2D eigenvalue weighted by molar-refractivity contribution is 5.94. The second kappa shape index (κ2) is 7.35. The molecule has 128 valence electrons. The lowest BCUT2D eigenvalue weighted by Crippen LogP contribution is -3.11. The van der Waals surface area contributed by atoms with Crippen molar-refractivity contribution < 1.29 is 18.9 Å². The zero-order valence-corrected chi connectivity index (χ0v) is 13.7. The average molecular weight is 331 g/mol. The van der Waals surface area contributed by atoms with E-state index < -0.39 is 6.03 Å². The van der Waals surface area contributed by atoms with Crippen LogP contribution in [0.1, 0.15) is 30.3 Å². The van der Waals surface area contributed by atoms with E-state index in [2.05, 4.69) is 21.3 Å². The smallest absolute Gasteiger partial charge is 0.321 e. The van der Waals surface area contributed by atoms with Crippen LogP contribution in [0.25, 0.3) is 0 Å². The Balaban J connectivity index is 1.49. The fourth-order valence-corrected chi connectivity index (χ4v) is 3.32. The number of urea groups is 1. The summed E-state index contributed by atoms with van der Waals surface area (Å²) in [7, 11) is 2.02. The first-order chi connectivity index (χ1) is 11.6. The highest BCUT2D eigenvalue weighted by atomic mass is 16.3. The van der Waals surface area contributed by atoms with Gasteiger partial charge >= 0.3 is 6.03 Å². The Morgan fingerprint density at radius 3 is 2.96 bits per heavy atom. The van der Waals surface area contributed by atoms with Crippen LogP contribution in [0, 0.1) is 0 Å². The molecule has 2 atom stereocenters. The second-order valence-corrected chi connectivity index (χ2v) is 6.13. The number of hydrogen-bond donors (Lipinski definition) is 3. The van der Waals surface area contributed by atoms with Crippen molar-refractivity contribution in [3.8, 4) is 0 Å². The minimum Gasteiger partial charge on any atom is -0.467 e. The first-order valence-electron chi connectivity index (χ1n) is 8.19. The van der Waals surface area contributed by atoms with Crippen LogP contribution in [0.2, 0.25) is 0 Å². The summed E-state index contributed by atoms with van der Waals surface area (Å²) in [4.78, 5) is 25.1. The molecular formula is C17H23N4O3+. The molecule has 24 heavy (non-hydrogen) atoms. The maximum absolute atomic E-state index is 12.1. The summed E-state index contributed by atoms with van der Waals surface area (Å²) in [6.45, 7) is 1.50. The maximum atomic E-state index is 12.1. The summed E-state index contributed by atoms with van der Waals surface area (Å²) in [6.07, 6.45) is 5.71. The molecule has 1 unspecified atom stereocenters. The summed E-state index contributed by atoms with van der Waals surface area (Å²) in [5.74, 6) is 0.384. The molecular weight excluding hydrogens is 308 g/mol. The Labute approximate surface area is 140 Å². The van der Waals surface area contributed by atoms with E-state index in [1.807, 2.05) is 19.3 Å². The summed E-state index contributed by atoms with van der Waals surface area (Å²) in [5, 5.41) is 5.00. The first-order valence-corrected chi connectivity index (χ1v) is 8.19. The van der Waals surface area contributed by atoms with Crippen LogP contribution in [0.4, 0.5) is 4.79 Å². The monoisotopic (exact) mass is 331 g/mol. The number of aromatic nitrogens is 1. The fraction of sp³-hybridized carbons (Fsp3) is 0.412. The molecule has 0 aliphatic carbocycles. The van der Waals surface area contributed by atoms with Gasteiger partial charge in [-0.3, -0.25) is 10.1 Å². The third-order valence-electron chi connectivity index (χ3n) is 4.47. The zero-order valence-electron chi connectivity index (χ0n) is 13.7. The lowest BCUT2D eigenvalue weighted by molar-refractivity contribution is -0.911. The Morgan fingerprint density at radius 1 is 1.38 bits per heavy atom. The van der Waals surface area contributed by atoms with E-state index in [-0.39, 0.29) is 12.5 Å². The van der Waals surface area contributed by atoms with Crippen LogP contribution >= 0.6 is 0 Å². The molecule has 1 aliphatic heterocycles. The topological polar surface area (TPSA) is 80.7 Å². The number of likely N-dealkylation sites (tertiary alicyclic amines) is 1. The highest BCUT2D eigenvalue weighted by Crippen LogP contribution is 2.18. The number of rotatable bonds is 5. The number of hydrogen-bond acceptors (Lipinski definition) is 3. The van der Waals surface area contributed by atoms with E-state index in [9.17, 15) is 9.59 Å². The predicted molar refractivity (Wildman–Crippen MR) is 87.2 cm³/mol. The lowest BCUT2D eigenvalue weighted by Gasteiger charge is -2.21. The van der Waals surface area contributed by atoms with Gasteiger partial charge < -0.3 is 19.2 Å². The quantitative estimate of drug-likeness (QED) is 0.740. The minimum atomic E-state index is -0.495. The largest absolute Gasteiger partial charge is 0.467 e. The standard InChI is InChI=1S/C17H22N4O3/c1-20-8-2-6-14(20)15-7-3-9-21(15)12-16(22)19-17(23)18-11-13-5-4-10-24-13/h2,4-6,8,10,15H,3,7,9,11-12H2,1H3,(H2,18,19,22,23)/p+1/t15-/m1/s1. The number of furan rings is 1. The van der Waals surface area contributed by atoms with Gasteiger partial charge in [0, 0.05) is 26.1 Å². The Hall–Kier alpha value is -2.54. The van der Waals surface area contributed by atoms with Crippen molar-refractivity contribution in [1.29, 1.82) is 0 Å². The van der Waals surface area contributed by atoms with Gasteiger partial charge in [-0.2, -0.15) is 0 Å². The molecule has 3 amide bonds. The minimum absolute atomic E-state index is 0.259. The molecule has 0 spiro atoms. The summed E-state index contributed by atoms with van der Waals surface area (Å²) >= 11 is 0. The van der Waals surface area contributed by atoms with Gasteiger partial charge in [-0.05, 0) is 24.3 Å². The zero-order chi connectivity index (χ0) is 16.9. The number of carbonyl (C=O) groups is 2. The number of amides is 3. The van der Waals surface area contributed by atoms with Gasteiger partial charge in [0.15, 0.2) is 6.54 Å². The van der Waals surface area contributed by atoms with Crippen molar-refractivity contribution in [2.75, 3.05) is 13.1 Å². The van der Waals surface area contributed by atoms with Gasteiger partial charge in [0.2, 0.25) is 0 Å². The maximum Gasteiger partial charge on any atom is 0.321 e. The van der Waals surface area contributed by atoms with Crippen LogP contribution in [0.5, 0.6) is 0 Å². The summed E-state index contributed by atoms with van der Waals surface area (Å²) in [6, 6.07) is 7.45. The molecule has 0 radical (unpaired) electrons. The van der Waals surface area contributed by atoms with Crippen molar-refractivity contribution in [2.24, 2.45) is 7.05 Å². The summed E-state index contributed by atoms with van der Waals surface area (Å²) in [5.41, 5.74) is 1.23. The predicted octanol–water partition coefficient (Wildman–Crippen LogP) is 0.364. The van der Waals surface area contributed by atoms with Gasteiger partial charge in [0.1, 0.15) is 11.8 Å². The first kappa shape index (κ1) is 16.3. The number of quaternary nitrogens is 1. The molecule has 7 heteroatoms. The van der Waals surface area contributed by atoms with Gasteiger partial charge in [0.05, 0.1) is 25.0 Å². The van der Waals surface area contributed by atoms with E-state index >= 15 is 0 Å². The van der Waals surface area contributed by atoms with E-state index in [0.29, 0.717) is 18.3 Å². The van der Waals surface area contributed by atoms with E-state index in [1.54, 1.807) is 18.4 Å². The molecule has 3 heterocycles. The third-order valence-corrected chi connectivity index (χ3v) is 4.47. The van der Waals surface area contributed by atoms with Gasteiger partial charge in [-0.1, -0.05) is 0 Å². The molecule has 0 bridgehead atoms. The molecule has 7 nitrogen and oxygen atoms in total. The number of nitrogens with zero attached hydrogens (tertiary/aromatic N) is 1. The SMILES string of the molecule is Cn1cccc1[C@H]1CCC[NH+]1CC(=O)NC(=O)NCc1ccco1. The molecule has 1 saturated heterocycles. The number of aryl methyl sites for hydroxylation is 1. The molecule has 1 fully saturated rings. The van der Waals surface area contributed by atoms with Crippen LogP contribution in [0.15, 0.2) is 41.1 Å². The number of imide groups is 1. The van der Waals surface area contributed by atoms with Crippen LogP contribution < -0.4 is 15.5 Å².